The molecule has 0 saturated carbocycles. The van der Waals surface area contributed by atoms with Crippen LogP contribution in [-0.4, -0.2) is 48.5 Å². The minimum Gasteiger partial charge on any atom is -0.496 e. The van der Waals surface area contributed by atoms with Crippen molar-refractivity contribution in [3.63, 3.8) is 0 Å². The third-order valence-electron chi connectivity index (χ3n) is 2.55. The summed E-state index contributed by atoms with van der Waals surface area (Å²) in [5.41, 5.74) is 0.505. The van der Waals surface area contributed by atoms with Gasteiger partial charge in [-0.25, -0.2) is 0 Å². The van der Waals surface area contributed by atoms with Crippen molar-refractivity contribution in [3.8, 4) is 11.5 Å². The first-order valence-electron chi connectivity index (χ1n) is 5.27. The lowest BCUT2D eigenvalue weighted by Crippen LogP contribution is -2.23. The van der Waals surface area contributed by atoms with Gasteiger partial charge < -0.3 is 24.8 Å². The van der Waals surface area contributed by atoms with Gasteiger partial charge in [0.25, 0.3) is 0 Å². The molecule has 0 spiro atoms. The van der Waals surface area contributed by atoms with Crippen LogP contribution in [0.4, 0.5) is 0 Å². The van der Waals surface area contributed by atoms with E-state index in [0.29, 0.717) is 11.8 Å². The number of hydrogen-bond acceptors (Lipinski definition) is 6. The second kappa shape index (κ2) is 6.34. The molecule has 0 amide bonds. The fraction of sp³-hybridized carbons (Fsp3) is 0.417. The first kappa shape index (κ1) is 14.4. The van der Waals surface area contributed by atoms with Crippen molar-refractivity contribution >= 4 is 6.29 Å². The molecule has 2 atom stereocenters. The predicted octanol–water partition coefficient (Wildman–Crippen LogP) is -0.0971. The van der Waals surface area contributed by atoms with E-state index >= 15 is 0 Å². The summed E-state index contributed by atoms with van der Waals surface area (Å²) in [5.74, 6) is 0.410. The Hall–Kier alpha value is -1.63. The molecule has 6 heteroatoms. The van der Waals surface area contributed by atoms with Crippen molar-refractivity contribution < 1.29 is 29.6 Å². The van der Waals surface area contributed by atoms with Crippen LogP contribution in [0.2, 0.25) is 0 Å². The Morgan fingerprint density at radius 1 is 1.22 bits per heavy atom. The molecule has 0 aliphatic carbocycles. The van der Waals surface area contributed by atoms with E-state index in [1.165, 1.54) is 26.4 Å². The molecule has 0 radical (unpaired) electrons. The first-order valence-corrected chi connectivity index (χ1v) is 5.27. The van der Waals surface area contributed by atoms with Gasteiger partial charge in [0.1, 0.15) is 30.0 Å². The van der Waals surface area contributed by atoms with E-state index in [0.717, 1.165) is 0 Å². The van der Waals surface area contributed by atoms with Crippen LogP contribution in [0.1, 0.15) is 22.0 Å². The Balaban J connectivity index is 3.34. The van der Waals surface area contributed by atoms with Crippen LogP contribution in [0.3, 0.4) is 0 Å². The zero-order chi connectivity index (χ0) is 13.7. The molecule has 0 fully saturated rings. The highest BCUT2D eigenvalue weighted by Gasteiger charge is 2.25. The number of aliphatic hydroxyl groups is 3. The monoisotopic (exact) mass is 256 g/mol. The predicted molar refractivity (Wildman–Crippen MR) is 63.0 cm³/mol. The zero-order valence-electron chi connectivity index (χ0n) is 10.2. The molecule has 18 heavy (non-hydrogen) atoms. The Kier molecular flexibility index (Phi) is 5.08. The van der Waals surface area contributed by atoms with Gasteiger partial charge in [-0.05, 0) is 12.1 Å². The average Bonchev–Trinajstić information content (AvgIpc) is 2.43. The first-order chi connectivity index (χ1) is 8.58. The summed E-state index contributed by atoms with van der Waals surface area (Å²) in [7, 11) is 2.73. The van der Waals surface area contributed by atoms with E-state index in [1.54, 1.807) is 0 Å². The summed E-state index contributed by atoms with van der Waals surface area (Å²) in [6, 6.07) is 2.83. The number of hydrogen-bond donors (Lipinski definition) is 3. The van der Waals surface area contributed by atoms with Gasteiger partial charge in [0.2, 0.25) is 0 Å². The molecule has 0 aromatic heterocycles. The van der Waals surface area contributed by atoms with Crippen molar-refractivity contribution in [2.75, 3.05) is 20.8 Å². The van der Waals surface area contributed by atoms with Gasteiger partial charge in [-0.1, -0.05) is 0 Å². The molecule has 2 unspecified atom stereocenters. The molecule has 1 rings (SSSR count). The van der Waals surface area contributed by atoms with Crippen molar-refractivity contribution in [1.29, 1.82) is 0 Å². The fourth-order valence-electron chi connectivity index (χ4n) is 1.61. The van der Waals surface area contributed by atoms with Crippen LogP contribution in [0.5, 0.6) is 11.5 Å². The minimum atomic E-state index is -1.37. The second-order valence-electron chi connectivity index (χ2n) is 3.65. The maximum Gasteiger partial charge on any atom is 0.150 e. The van der Waals surface area contributed by atoms with Crippen molar-refractivity contribution in [1.82, 2.24) is 0 Å². The largest absolute Gasteiger partial charge is 0.496 e. The lowest BCUT2D eigenvalue weighted by molar-refractivity contribution is -0.0172. The Morgan fingerprint density at radius 2 is 1.72 bits per heavy atom. The summed E-state index contributed by atoms with van der Waals surface area (Å²) in [4.78, 5) is 10.8. The highest BCUT2D eigenvalue weighted by molar-refractivity contribution is 5.77. The molecule has 0 heterocycles. The second-order valence-corrected chi connectivity index (χ2v) is 3.65. The summed E-state index contributed by atoms with van der Waals surface area (Å²) in [6.07, 6.45) is -2.13. The number of carbonyl (C=O) groups excluding carboxylic acids is 1. The van der Waals surface area contributed by atoms with Gasteiger partial charge in [0, 0.05) is 5.56 Å². The number of carbonyl (C=O) groups is 1. The van der Waals surface area contributed by atoms with Crippen LogP contribution in [-0.2, 0) is 0 Å². The smallest absolute Gasteiger partial charge is 0.150 e. The molecule has 0 aliphatic heterocycles. The Bertz CT molecular complexity index is 392. The molecule has 0 aliphatic rings. The van der Waals surface area contributed by atoms with Crippen LogP contribution in [0.15, 0.2) is 12.1 Å². The number of rotatable bonds is 6. The van der Waals surface area contributed by atoms with E-state index in [-0.39, 0.29) is 17.1 Å². The zero-order valence-corrected chi connectivity index (χ0v) is 10.2. The van der Waals surface area contributed by atoms with E-state index < -0.39 is 18.8 Å². The fourth-order valence-corrected chi connectivity index (χ4v) is 1.61. The molecule has 0 bridgehead atoms. The molecule has 100 valence electrons. The minimum absolute atomic E-state index is 0.187. The third-order valence-corrected chi connectivity index (χ3v) is 2.55. The molecule has 0 saturated heterocycles. The highest BCUT2D eigenvalue weighted by Crippen LogP contribution is 2.36. The number of aliphatic hydroxyl groups excluding tert-OH is 3. The maximum atomic E-state index is 10.8. The van der Waals surface area contributed by atoms with Gasteiger partial charge in [-0.3, -0.25) is 4.79 Å². The number of benzene rings is 1. The van der Waals surface area contributed by atoms with Gasteiger partial charge in [0.15, 0.2) is 0 Å². The average molecular weight is 256 g/mol. The SMILES string of the molecule is COc1cc(C=O)cc(OC)c1C(O)C(O)CO. The van der Waals surface area contributed by atoms with Crippen LogP contribution in [0, 0.1) is 0 Å². The molecule has 3 N–H and O–H groups in total. The van der Waals surface area contributed by atoms with Gasteiger partial charge >= 0.3 is 0 Å². The van der Waals surface area contributed by atoms with Gasteiger partial charge in [-0.15, -0.1) is 0 Å². The summed E-state index contributed by atoms with van der Waals surface area (Å²) >= 11 is 0. The van der Waals surface area contributed by atoms with Gasteiger partial charge in [-0.2, -0.15) is 0 Å². The molecular formula is C12H16O6. The van der Waals surface area contributed by atoms with Crippen LogP contribution >= 0.6 is 0 Å². The molecule has 6 nitrogen and oxygen atoms in total. The van der Waals surface area contributed by atoms with E-state index in [9.17, 15) is 15.0 Å². The number of methoxy groups -OCH3 is 2. The Morgan fingerprint density at radius 3 is 2.06 bits per heavy atom. The lowest BCUT2D eigenvalue weighted by Gasteiger charge is -2.21. The van der Waals surface area contributed by atoms with E-state index in [4.69, 9.17) is 14.6 Å². The number of ether oxygens (including phenoxy) is 2. The van der Waals surface area contributed by atoms with Crippen molar-refractivity contribution in [3.05, 3.63) is 23.3 Å². The van der Waals surface area contributed by atoms with Crippen molar-refractivity contribution in [2.24, 2.45) is 0 Å². The Labute approximate surface area is 104 Å². The molecule has 1 aromatic carbocycles. The summed E-state index contributed by atoms with van der Waals surface area (Å²) < 4.78 is 10.1. The summed E-state index contributed by atoms with van der Waals surface area (Å²) in [6.45, 7) is -0.608. The summed E-state index contributed by atoms with van der Waals surface area (Å²) in [5, 5.41) is 28.2. The topological polar surface area (TPSA) is 96.2 Å². The van der Waals surface area contributed by atoms with E-state index in [2.05, 4.69) is 0 Å². The quantitative estimate of drug-likeness (QED) is 0.615. The molecular weight excluding hydrogens is 240 g/mol. The van der Waals surface area contributed by atoms with Gasteiger partial charge in [0.05, 0.1) is 26.4 Å². The van der Waals surface area contributed by atoms with E-state index in [1.807, 2.05) is 0 Å². The normalized spacial score (nSPS) is 13.8. The van der Waals surface area contributed by atoms with Crippen molar-refractivity contribution in [2.45, 2.75) is 12.2 Å². The third kappa shape index (κ3) is 2.79. The van der Waals surface area contributed by atoms with Crippen LogP contribution < -0.4 is 9.47 Å². The molecule has 1 aromatic rings. The number of aldehydes is 1. The van der Waals surface area contributed by atoms with Crippen LogP contribution in [0.25, 0.3) is 0 Å². The highest BCUT2D eigenvalue weighted by atomic mass is 16.5. The standard InChI is InChI=1S/C12H16O6/c1-17-9-3-7(5-13)4-10(18-2)11(9)12(16)8(15)6-14/h3-5,8,12,14-16H,6H2,1-2H3. The lowest BCUT2D eigenvalue weighted by atomic mass is 10.0. The maximum absolute atomic E-state index is 10.8.